The molecule has 6 nitrogen and oxygen atoms in total. The number of oxazole rings is 1. The second kappa shape index (κ2) is 5.59. The van der Waals surface area contributed by atoms with E-state index >= 15 is 0 Å². The normalized spacial score (nSPS) is 19.4. The van der Waals surface area contributed by atoms with Crippen LogP contribution in [0.2, 0.25) is 0 Å². The lowest BCUT2D eigenvalue weighted by Crippen LogP contribution is -2.20. The Morgan fingerprint density at radius 1 is 1.33 bits per heavy atom. The summed E-state index contributed by atoms with van der Waals surface area (Å²) < 4.78 is 43.8. The Morgan fingerprint density at radius 3 is 2.96 bits per heavy atom. The Kier molecular flexibility index (Phi) is 3.52. The first-order chi connectivity index (χ1) is 11.5. The zero-order valence-electron chi connectivity index (χ0n) is 12.5. The van der Waals surface area contributed by atoms with E-state index in [0.29, 0.717) is 18.0 Å². The van der Waals surface area contributed by atoms with Gasteiger partial charge in [0.15, 0.2) is 5.58 Å². The van der Waals surface area contributed by atoms with Gasteiger partial charge in [-0.2, -0.15) is 18.3 Å². The van der Waals surface area contributed by atoms with Gasteiger partial charge in [0.05, 0.1) is 12.1 Å². The van der Waals surface area contributed by atoms with Crippen molar-refractivity contribution in [2.45, 2.75) is 25.1 Å². The molecule has 0 spiro atoms. The van der Waals surface area contributed by atoms with Crippen molar-refractivity contribution in [2.24, 2.45) is 0 Å². The van der Waals surface area contributed by atoms with Crippen LogP contribution < -0.4 is 0 Å². The van der Waals surface area contributed by atoms with E-state index < -0.39 is 11.7 Å². The van der Waals surface area contributed by atoms with Gasteiger partial charge < -0.3 is 4.42 Å². The second-order valence-electron chi connectivity index (χ2n) is 5.88. The Balaban J connectivity index is 1.49. The van der Waals surface area contributed by atoms with E-state index in [4.69, 9.17) is 4.42 Å². The summed E-state index contributed by atoms with van der Waals surface area (Å²) in [7, 11) is 0. The van der Waals surface area contributed by atoms with Crippen molar-refractivity contribution in [1.82, 2.24) is 25.1 Å². The molecule has 24 heavy (non-hydrogen) atoms. The summed E-state index contributed by atoms with van der Waals surface area (Å²) in [4.78, 5) is 10.5. The molecule has 3 aromatic rings. The average molecular weight is 337 g/mol. The highest BCUT2D eigenvalue weighted by Gasteiger charge is 2.31. The van der Waals surface area contributed by atoms with Crippen molar-refractivity contribution in [2.75, 3.05) is 13.1 Å². The molecule has 126 valence electrons. The van der Waals surface area contributed by atoms with Crippen LogP contribution >= 0.6 is 0 Å². The van der Waals surface area contributed by atoms with Crippen molar-refractivity contribution < 1.29 is 17.6 Å². The van der Waals surface area contributed by atoms with Crippen LogP contribution in [0.25, 0.3) is 11.1 Å². The average Bonchev–Trinajstić information content (AvgIpc) is 3.25. The van der Waals surface area contributed by atoms with Gasteiger partial charge in [-0.05, 0) is 31.2 Å². The predicted octanol–water partition coefficient (Wildman–Crippen LogP) is 2.95. The van der Waals surface area contributed by atoms with Gasteiger partial charge in [0, 0.05) is 12.5 Å². The van der Waals surface area contributed by atoms with E-state index in [1.165, 1.54) is 12.4 Å². The van der Waals surface area contributed by atoms with Crippen LogP contribution in [0.5, 0.6) is 0 Å². The van der Waals surface area contributed by atoms with E-state index in [2.05, 4.69) is 25.1 Å². The maximum Gasteiger partial charge on any atom is 0.416 e. The lowest BCUT2D eigenvalue weighted by Gasteiger charge is -2.12. The minimum Gasteiger partial charge on any atom is -0.439 e. The first-order valence-corrected chi connectivity index (χ1v) is 7.53. The summed E-state index contributed by atoms with van der Waals surface area (Å²) in [6.07, 6.45) is -1.96. The molecule has 0 radical (unpaired) electrons. The molecule has 0 saturated carbocycles. The summed E-state index contributed by atoms with van der Waals surface area (Å²) >= 11 is 0. The number of aromatic amines is 1. The van der Waals surface area contributed by atoms with Gasteiger partial charge in [-0.25, -0.2) is 9.97 Å². The molecule has 1 aliphatic heterocycles. The molecular weight excluding hydrogens is 323 g/mol. The lowest BCUT2D eigenvalue weighted by molar-refractivity contribution is -0.137. The number of likely N-dealkylation sites (tertiary alicyclic amines) is 1. The van der Waals surface area contributed by atoms with E-state index in [-0.39, 0.29) is 11.4 Å². The monoisotopic (exact) mass is 337 g/mol. The highest BCUT2D eigenvalue weighted by Crippen LogP contribution is 2.32. The quantitative estimate of drug-likeness (QED) is 0.796. The number of halogens is 3. The first kappa shape index (κ1) is 15.1. The van der Waals surface area contributed by atoms with Gasteiger partial charge in [-0.15, -0.1) is 0 Å². The number of hydrogen-bond acceptors (Lipinski definition) is 5. The Labute approximate surface area is 134 Å². The van der Waals surface area contributed by atoms with Crippen LogP contribution in [-0.2, 0) is 12.7 Å². The molecule has 4 rings (SSSR count). The summed E-state index contributed by atoms with van der Waals surface area (Å²) in [5, 5.41) is 6.73. The van der Waals surface area contributed by atoms with Gasteiger partial charge in [0.1, 0.15) is 17.7 Å². The summed E-state index contributed by atoms with van der Waals surface area (Å²) in [5.74, 6) is 1.54. The van der Waals surface area contributed by atoms with Gasteiger partial charge in [0.2, 0.25) is 5.89 Å². The number of rotatable bonds is 3. The molecule has 1 fully saturated rings. The molecule has 1 atom stereocenters. The van der Waals surface area contributed by atoms with Crippen LogP contribution in [-0.4, -0.2) is 38.2 Å². The van der Waals surface area contributed by atoms with Gasteiger partial charge >= 0.3 is 6.18 Å². The van der Waals surface area contributed by atoms with E-state index in [9.17, 15) is 13.2 Å². The molecule has 2 aromatic heterocycles. The number of hydrogen-bond donors (Lipinski definition) is 1. The molecule has 3 heterocycles. The number of benzene rings is 1. The van der Waals surface area contributed by atoms with Gasteiger partial charge in [-0.3, -0.25) is 10.00 Å². The Morgan fingerprint density at radius 2 is 2.21 bits per heavy atom. The molecule has 0 aliphatic carbocycles. The molecular formula is C15H14F3N5O. The fraction of sp³-hybridized carbons (Fsp3) is 0.400. The number of alkyl halides is 3. The number of nitrogens with zero attached hydrogens (tertiary/aromatic N) is 4. The molecule has 9 heteroatoms. The molecule has 1 unspecified atom stereocenters. The molecule has 0 amide bonds. The molecule has 0 bridgehead atoms. The highest BCUT2D eigenvalue weighted by atomic mass is 19.4. The number of fused-ring (bicyclic) bond motifs is 1. The van der Waals surface area contributed by atoms with Crippen LogP contribution in [0.3, 0.4) is 0 Å². The third-order valence-electron chi connectivity index (χ3n) is 4.21. The third kappa shape index (κ3) is 2.86. The minimum atomic E-state index is -4.38. The highest BCUT2D eigenvalue weighted by molar-refractivity contribution is 5.73. The largest absolute Gasteiger partial charge is 0.439 e. The van der Waals surface area contributed by atoms with E-state index in [1.807, 2.05) is 0 Å². The van der Waals surface area contributed by atoms with E-state index in [1.54, 1.807) is 0 Å². The first-order valence-electron chi connectivity index (χ1n) is 7.53. The fourth-order valence-corrected chi connectivity index (χ4v) is 3.02. The second-order valence-corrected chi connectivity index (χ2v) is 5.88. The molecule has 1 aromatic carbocycles. The van der Waals surface area contributed by atoms with Gasteiger partial charge in [-0.1, -0.05) is 0 Å². The summed E-state index contributed by atoms with van der Waals surface area (Å²) in [6.45, 7) is 2.08. The Bertz CT molecular complexity index is 843. The zero-order valence-corrected chi connectivity index (χ0v) is 12.5. The van der Waals surface area contributed by atoms with Crippen LogP contribution in [0, 0.1) is 0 Å². The number of H-pyrrole nitrogens is 1. The van der Waals surface area contributed by atoms with Crippen molar-refractivity contribution in [3.05, 3.63) is 41.8 Å². The van der Waals surface area contributed by atoms with E-state index in [0.717, 1.165) is 37.5 Å². The molecule has 1 saturated heterocycles. The van der Waals surface area contributed by atoms with Crippen molar-refractivity contribution in [3.63, 3.8) is 0 Å². The Hall–Kier alpha value is -2.42. The zero-order chi connectivity index (χ0) is 16.7. The molecule has 1 N–H and O–H groups in total. The smallest absolute Gasteiger partial charge is 0.416 e. The standard InChI is InChI=1S/C15H14F3N5O/c16-15(17,18)10-1-2-12-11(5-10)21-13(24-12)7-23-4-3-9(6-23)14-19-8-20-22-14/h1-2,5,8-9H,3-4,6-7H2,(H,19,20,22). The predicted molar refractivity (Wildman–Crippen MR) is 78.0 cm³/mol. The SMILES string of the molecule is FC(F)(F)c1ccc2oc(CN3CCC(c4ncn[nH]4)C3)nc2c1. The van der Waals surface area contributed by atoms with Crippen LogP contribution in [0.1, 0.15) is 29.6 Å². The minimum absolute atomic E-state index is 0.228. The number of aromatic nitrogens is 4. The summed E-state index contributed by atoms with van der Waals surface area (Å²) in [6, 6.07) is 3.34. The fourth-order valence-electron chi connectivity index (χ4n) is 3.02. The van der Waals surface area contributed by atoms with Crippen molar-refractivity contribution >= 4 is 11.1 Å². The maximum absolute atomic E-state index is 12.7. The maximum atomic E-state index is 12.7. The van der Waals surface area contributed by atoms with Gasteiger partial charge in [0.25, 0.3) is 0 Å². The lowest BCUT2D eigenvalue weighted by atomic mass is 10.1. The number of nitrogens with one attached hydrogen (secondary N) is 1. The van der Waals surface area contributed by atoms with Crippen molar-refractivity contribution in [1.29, 1.82) is 0 Å². The van der Waals surface area contributed by atoms with Crippen LogP contribution in [0.4, 0.5) is 13.2 Å². The van der Waals surface area contributed by atoms with Crippen molar-refractivity contribution in [3.8, 4) is 0 Å². The summed E-state index contributed by atoms with van der Waals surface area (Å²) in [5.41, 5.74) is -0.129. The van der Waals surface area contributed by atoms with Crippen LogP contribution in [0.15, 0.2) is 28.9 Å². The third-order valence-corrected chi connectivity index (χ3v) is 4.21. The topological polar surface area (TPSA) is 70.8 Å². The molecule has 1 aliphatic rings.